The first kappa shape index (κ1) is 15.8. The van der Waals surface area contributed by atoms with Crippen molar-refractivity contribution in [2.75, 3.05) is 26.2 Å². The van der Waals surface area contributed by atoms with Crippen LogP contribution in [0.3, 0.4) is 0 Å². The molecule has 0 spiro atoms. The Hall–Kier alpha value is -2.66. The van der Waals surface area contributed by atoms with Gasteiger partial charge in [-0.25, -0.2) is 4.98 Å². The molecule has 1 N–H and O–H groups in total. The van der Waals surface area contributed by atoms with Gasteiger partial charge in [0.15, 0.2) is 5.58 Å². The fraction of sp³-hybridized carbons (Fsp3) is 0.300. The molecule has 1 saturated heterocycles. The van der Waals surface area contributed by atoms with Gasteiger partial charge in [0.2, 0.25) is 5.89 Å². The summed E-state index contributed by atoms with van der Waals surface area (Å²) >= 11 is 0. The van der Waals surface area contributed by atoms with Crippen LogP contribution in [0.25, 0.3) is 22.6 Å². The van der Waals surface area contributed by atoms with Crippen LogP contribution in [0, 0.1) is 6.92 Å². The van der Waals surface area contributed by atoms with Crippen molar-refractivity contribution in [2.45, 2.75) is 13.3 Å². The third kappa shape index (κ3) is 3.28. The summed E-state index contributed by atoms with van der Waals surface area (Å²) in [5.41, 5.74) is 4.37. The summed E-state index contributed by atoms with van der Waals surface area (Å²) in [6.07, 6.45) is 0.992. The van der Waals surface area contributed by atoms with E-state index in [0.29, 0.717) is 11.5 Å². The highest BCUT2D eigenvalue weighted by Gasteiger charge is 2.17. The Morgan fingerprint density at radius 1 is 1.12 bits per heavy atom. The van der Waals surface area contributed by atoms with E-state index in [1.807, 2.05) is 54.3 Å². The first-order valence-electron chi connectivity index (χ1n) is 8.68. The SMILES string of the molecule is Cc1ccc2oc(-c3ccc(C(=O)N4CCCNCC4)cc3)nc2c1. The molecular weight excluding hydrogens is 314 g/mol. The molecule has 1 aliphatic heterocycles. The molecule has 128 valence electrons. The summed E-state index contributed by atoms with van der Waals surface area (Å²) in [5.74, 6) is 0.669. The molecular formula is C20H21N3O2. The van der Waals surface area contributed by atoms with Crippen molar-refractivity contribution in [2.24, 2.45) is 0 Å². The van der Waals surface area contributed by atoms with E-state index >= 15 is 0 Å². The molecule has 0 unspecified atom stereocenters. The third-order valence-electron chi connectivity index (χ3n) is 4.55. The monoisotopic (exact) mass is 335 g/mol. The maximum absolute atomic E-state index is 12.6. The second kappa shape index (κ2) is 6.69. The van der Waals surface area contributed by atoms with Gasteiger partial charge in [0.05, 0.1) is 0 Å². The Morgan fingerprint density at radius 3 is 2.80 bits per heavy atom. The largest absolute Gasteiger partial charge is 0.436 e. The predicted octanol–water partition coefficient (Wildman–Crippen LogP) is 3.24. The van der Waals surface area contributed by atoms with Gasteiger partial charge in [-0.15, -0.1) is 0 Å². The minimum absolute atomic E-state index is 0.0865. The lowest BCUT2D eigenvalue weighted by atomic mass is 10.1. The highest BCUT2D eigenvalue weighted by Crippen LogP contribution is 2.25. The van der Waals surface area contributed by atoms with Gasteiger partial charge in [-0.3, -0.25) is 4.79 Å². The number of benzene rings is 2. The van der Waals surface area contributed by atoms with E-state index in [4.69, 9.17) is 4.42 Å². The molecule has 5 heteroatoms. The van der Waals surface area contributed by atoms with Crippen LogP contribution in [0.4, 0.5) is 0 Å². The van der Waals surface area contributed by atoms with Crippen LogP contribution in [0.2, 0.25) is 0 Å². The maximum atomic E-state index is 12.6. The number of rotatable bonds is 2. The van der Waals surface area contributed by atoms with Gasteiger partial charge in [0, 0.05) is 30.8 Å². The molecule has 1 aromatic heterocycles. The number of amides is 1. The van der Waals surface area contributed by atoms with Crippen molar-refractivity contribution < 1.29 is 9.21 Å². The molecule has 2 aromatic carbocycles. The lowest BCUT2D eigenvalue weighted by molar-refractivity contribution is 0.0766. The van der Waals surface area contributed by atoms with Crippen LogP contribution in [-0.4, -0.2) is 42.0 Å². The molecule has 0 aliphatic carbocycles. The average Bonchev–Trinajstić information content (AvgIpc) is 2.86. The smallest absolute Gasteiger partial charge is 0.253 e. The summed E-state index contributed by atoms with van der Waals surface area (Å²) in [4.78, 5) is 19.1. The van der Waals surface area contributed by atoms with Crippen LogP contribution >= 0.6 is 0 Å². The number of carbonyl (C=O) groups is 1. The third-order valence-corrected chi connectivity index (χ3v) is 4.55. The molecule has 0 atom stereocenters. The van der Waals surface area contributed by atoms with Gasteiger partial charge in [0.1, 0.15) is 5.52 Å². The van der Waals surface area contributed by atoms with Crippen LogP contribution in [0.5, 0.6) is 0 Å². The first-order chi connectivity index (χ1) is 12.2. The van der Waals surface area contributed by atoms with Crippen molar-refractivity contribution in [3.8, 4) is 11.5 Å². The fourth-order valence-electron chi connectivity index (χ4n) is 3.15. The Labute approximate surface area is 146 Å². The fourth-order valence-corrected chi connectivity index (χ4v) is 3.15. The van der Waals surface area contributed by atoms with Crippen LogP contribution in [0.15, 0.2) is 46.9 Å². The van der Waals surface area contributed by atoms with Crippen molar-refractivity contribution in [1.29, 1.82) is 0 Å². The molecule has 2 heterocycles. The standard InChI is InChI=1S/C20H21N3O2/c1-14-3-8-18-17(13-14)22-19(25-18)15-4-6-16(7-5-15)20(24)23-11-2-9-21-10-12-23/h3-8,13,21H,2,9-12H2,1H3. The van der Waals surface area contributed by atoms with Crippen molar-refractivity contribution in [3.63, 3.8) is 0 Å². The van der Waals surface area contributed by atoms with Gasteiger partial charge >= 0.3 is 0 Å². The topological polar surface area (TPSA) is 58.4 Å². The van der Waals surface area contributed by atoms with Crippen molar-refractivity contribution in [1.82, 2.24) is 15.2 Å². The zero-order chi connectivity index (χ0) is 17.2. The van der Waals surface area contributed by atoms with Gasteiger partial charge in [-0.05, 0) is 61.9 Å². The number of oxazole rings is 1. The summed E-state index contributed by atoms with van der Waals surface area (Å²) in [6.45, 7) is 5.42. The Morgan fingerprint density at radius 2 is 1.96 bits per heavy atom. The average molecular weight is 335 g/mol. The molecule has 4 rings (SSSR count). The molecule has 1 aliphatic rings. The highest BCUT2D eigenvalue weighted by molar-refractivity contribution is 5.94. The Kier molecular flexibility index (Phi) is 4.24. The molecule has 1 amide bonds. The number of hydrogen-bond acceptors (Lipinski definition) is 4. The predicted molar refractivity (Wildman–Crippen MR) is 97.6 cm³/mol. The van der Waals surface area contributed by atoms with Gasteiger partial charge in [-0.2, -0.15) is 0 Å². The minimum Gasteiger partial charge on any atom is -0.436 e. The van der Waals surface area contributed by atoms with E-state index < -0.39 is 0 Å². The number of nitrogens with one attached hydrogen (secondary N) is 1. The van der Waals surface area contributed by atoms with E-state index in [9.17, 15) is 4.79 Å². The minimum atomic E-state index is 0.0865. The van der Waals surface area contributed by atoms with Crippen LogP contribution < -0.4 is 5.32 Å². The molecule has 25 heavy (non-hydrogen) atoms. The number of fused-ring (bicyclic) bond motifs is 1. The molecule has 3 aromatic rings. The number of nitrogens with zero attached hydrogens (tertiary/aromatic N) is 2. The van der Waals surface area contributed by atoms with Crippen LogP contribution in [-0.2, 0) is 0 Å². The normalized spacial score (nSPS) is 15.3. The quantitative estimate of drug-likeness (QED) is 0.781. The second-order valence-corrected chi connectivity index (χ2v) is 6.46. The van der Waals surface area contributed by atoms with E-state index in [0.717, 1.165) is 54.8 Å². The van der Waals surface area contributed by atoms with E-state index in [1.165, 1.54) is 0 Å². The molecule has 5 nitrogen and oxygen atoms in total. The molecule has 0 bridgehead atoms. The Bertz CT molecular complexity index is 891. The van der Waals surface area contributed by atoms with E-state index in [1.54, 1.807) is 0 Å². The van der Waals surface area contributed by atoms with Gasteiger partial charge in [-0.1, -0.05) is 6.07 Å². The zero-order valence-electron chi connectivity index (χ0n) is 14.3. The molecule has 1 fully saturated rings. The van der Waals surface area contributed by atoms with E-state index in [2.05, 4.69) is 10.3 Å². The van der Waals surface area contributed by atoms with Crippen LogP contribution in [0.1, 0.15) is 22.3 Å². The van der Waals surface area contributed by atoms with Crippen molar-refractivity contribution >= 4 is 17.0 Å². The van der Waals surface area contributed by atoms with Crippen molar-refractivity contribution in [3.05, 3.63) is 53.6 Å². The Balaban J connectivity index is 1.57. The zero-order valence-corrected chi connectivity index (χ0v) is 14.3. The maximum Gasteiger partial charge on any atom is 0.253 e. The number of aromatic nitrogens is 1. The highest BCUT2D eigenvalue weighted by atomic mass is 16.3. The summed E-state index contributed by atoms with van der Waals surface area (Å²) in [6, 6.07) is 13.5. The molecule has 0 saturated carbocycles. The number of aryl methyl sites for hydroxylation is 1. The lowest BCUT2D eigenvalue weighted by Crippen LogP contribution is -2.34. The summed E-state index contributed by atoms with van der Waals surface area (Å²) in [5, 5.41) is 3.32. The van der Waals surface area contributed by atoms with Gasteiger partial charge in [0.25, 0.3) is 5.91 Å². The van der Waals surface area contributed by atoms with Gasteiger partial charge < -0.3 is 14.6 Å². The summed E-state index contributed by atoms with van der Waals surface area (Å²) < 4.78 is 5.83. The van der Waals surface area contributed by atoms with E-state index in [-0.39, 0.29) is 5.91 Å². The number of hydrogen-bond donors (Lipinski definition) is 1. The lowest BCUT2D eigenvalue weighted by Gasteiger charge is -2.19. The molecule has 0 radical (unpaired) electrons. The summed E-state index contributed by atoms with van der Waals surface area (Å²) in [7, 11) is 0. The first-order valence-corrected chi connectivity index (χ1v) is 8.68. The number of carbonyl (C=O) groups excluding carboxylic acids is 1. The second-order valence-electron chi connectivity index (χ2n) is 6.46.